The number of benzene rings is 1. The van der Waals surface area contributed by atoms with Gasteiger partial charge in [-0.15, -0.1) is 0 Å². The Morgan fingerprint density at radius 3 is 2.43 bits per heavy atom. The Morgan fingerprint density at radius 1 is 1.33 bits per heavy atom. The van der Waals surface area contributed by atoms with Gasteiger partial charge in [0.25, 0.3) is 0 Å². The molecular formula is C17H24ClNO2. The van der Waals surface area contributed by atoms with Crippen molar-refractivity contribution < 1.29 is 9.90 Å². The lowest BCUT2D eigenvalue weighted by atomic mass is 9.82. The van der Waals surface area contributed by atoms with Crippen LogP contribution in [0.25, 0.3) is 0 Å². The fourth-order valence-electron chi connectivity index (χ4n) is 2.77. The number of aliphatic hydroxyl groups is 1. The highest BCUT2D eigenvalue weighted by Crippen LogP contribution is 2.37. The molecule has 3 nitrogen and oxygen atoms in total. The lowest BCUT2D eigenvalue weighted by Gasteiger charge is -2.41. The van der Waals surface area contributed by atoms with Gasteiger partial charge in [-0.3, -0.25) is 4.79 Å². The van der Waals surface area contributed by atoms with Gasteiger partial charge >= 0.3 is 0 Å². The number of hydrogen-bond acceptors (Lipinski definition) is 2. The molecule has 1 saturated heterocycles. The largest absolute Gasteiger partial charge is 0.385 e. The van der Waals surface area contributed by atoms with E-state index in [0.29, 0.717) is 31.0 Å². The number of rotatable bonds is 3. The van der Waals surface area contributed by atoms with Crippen LogP contribution in [0.15, 0.2) is 24.3 Å². The van der Waals surface area contributed by atoms with Gasteiger partial charge in [-0.25, -0.2) is 0 Å². The summed E-state index contributed by atoms with van der Waals surface area (Å²) >= 11 is 6.20. The SMILES string of the molecule is CCC(C)(C)C(=O)N1CCC(O)(c2ccccc2Cl)CC1. The Kier molecular flexibility index (Phi) is 4.64. The molecule has 0 atom stereocenters. The lowest BCUT2D eigenvalue weighted by Crippen LogP contribution is -2.49. The second-order valence-electron chi connectivity index (χ2n) is 6.54. The summed E-state index contributed by atoms with van der Waals surface area (Å²) in [5.74, 6) is 0.172. The summed E-state index contributed by atoms with van der Waals surface area (Å²) in [5, 5.41) is 11.5. The van der Waals surface area contributed by atoms with Crippen molar-refractivity contribution in [2.75, 3.05) is 13.1 Å². The van der Waals surface area contributed by atoms with Crippen LogP contribution in [0.4, 0.5) is 0 Å². The van der Waals surface area contributed by atoms with E-state index in [4.69, 9.17) is 11.6 Å². The first-order valence-corrected chi connectivity index (χ1v) is 7.95. The molecule has 0 unspecified atom stereocenters. The minimum Gasteiger partial charge on any atom is -0.385 e. The Balaban J connectivity index is 2.10. The van der Waals surface area contributed by atoms with E-state index in [-0.39, 0.29) is 11.3 Å². The Hall–Kier alpha value is -1.06. The Labute approximate surface area is 131 Å². The van der Waals surface area contributed by atoms with Gasteiger partial charge in [-0.05, 0) is 25.3 Å². The van der Waals surface area contributed by atoms with Crippen LogP contribution >= 0.6 is 11.6 Å². The minimum atomic E-state index is -0.925. The second-order valence-corrected chi connectivity index (χ2v) is 6.95. The number of amides is 1. The Bertz CT molecular complexity index is 519. The van der Waals surface area contributed by atoms with Crippen LogP contribution in [0.3, 0.4) is 0 Å². The highest BCUT2D eigenvalue weighted by atomic mass is 35.5. The van der Waals surface area contributed by atoms with Crippen LogP contribution in [0.5, 0.6) is 0 Å². The first-order valence-electron chi connectivity index (χ1n) is 7.57. The van der Waals surface area contributed by atoms with E-state index in [1.807, 2.05) is 43.9 Å². The average Bonchev–Trinajstić information content (AvgIpc) is 2.47. The molecule has 1 aromatic rings. The van der Waals surface area contributed by atoms with E-state index in [1.165, 1.54) is 0 Å². The van der Waals surface area contributed by atoms with Crippen LogP contribution < -0.4 is 0 Å². The fraction of sp³-hybridized carbons (Fsp3) is 0.588. The number of hydrogen-bond donors (Lipinski definition) is 1. The van der Waals surface area contributed by atoms with Crippen LogP contribution in [-0.4, -0.2) is 29.0 Å². The third-order valence-electron chi connectivity index (χ3n) is 4.72. The predicted molar refractivity (Wildman–Crippen MR) is 85.2 cm³/mol. The summed E-state index contributed by atoms with van der Waals surface area (Å²) in [5.41, 5.74) is -0.487. The van der Waals surface area contributed by atoms with Gasteiger partial charge in [0.05, 0.1) is 5.60 Å². The fourth-order valence-corrected chi connectivity index (χ4v) is 3.08. The molecule has 1 aliphatic heterocycles. The number of likely N-dealkylation sites (tertiary alicyclic amines) is 1. The molecule has 0 radical (unpaired) electrons. The molecule has 1 N–H and O–H groups in total. The van der Waals surface area contributed by atoms with Crippen molar-refractivity contribution in [1.82, 2.24) is 4.90 Å². The van der Waals surface area contributed by atoms with Gasteiger partial charge in [0.15, 0.2) is 0 Å². The molecule has 1 aliphatic rings. The van der Waals surface area contributed by atoms with Crippen LogP contribution in [0.2, 0.25) is 5.02 Å². The van der Waals surface area contributed by atoms with Gasteiger partial charge in [-0.1, -0.05) is 50.6 Å². The van der Waals surface area contributed by atoms with Gasteiger partial charge in [0.1, 0.15) is 0 Å². The molecular weight excluding hydrogens is 286 g/mol. The van der Waals surface area contributed by atoms with E-state index in [0.717, 1.165) is 12.0 Å². The van der Waals surface area contributed by atoms with Crippen molar-refractivity contribution >= 4 is 17.5 Å². The first kappa shape index (κ1) is 16.3. The molecule has 2 rings (SSSR count). The zero-order valence-corrected chi connectivity index (χ0v) is 13.8. The number of piperidine rings is 1. The van der Waals surface area contributed by atoms with E-state index >= 15 is 0 Å². The third kappa shape index (κ3) is 3.24. The molecule has 21 heavy (non-hydrogen) atoms. The molecule has 0 aromatic heterocycles. The second kappa shape index (κ2) is 5.98. The number of halogens is 1. The number of carbonyl (C=O) groups is 1. The number of carbonyl (C=O) groups excluding carboxylic acids is 1. The highest BCUT2D eigenvalue weighted by Gasteiger charge is 2.39. The van der Waals surface area contributed by atoms with E-state index in [2.05, 4.69) is 0 Å². The molecule has 1 heterocycles. The van der Waals surface area contributed by atoms with Crippen molar-refractivity contribution in [3.8, 4) is 0 Å². The van der Waals surface area contributed by atoms with Crippen LogP contribution in [0, 0.1) is 5.41 Å². The van der Waals surface area contributed by atoms with Crippen molar-refractivity contribution in [3.63, 3.8) is 0 Å². The van der Waals surface area contributed by atoms with E-state index in [9.17, 15) is 9.90 Å². The summed E-state index contributed by atoms with van der Waals surface area (Å²) in [6.07, 6.45) is 1.88. The molecule has 0 saturated carbocycles. The predicted octanol–water partition coefficient (Wildman–Crippen LogP) is 3.59. The maximum absolute atomic E-state index is 12.5. The van der Waals surface area contributed by atoms with Gasteiger partial charge in [-0.2, -0.15) is 0 Å². The highest BCUT2D eigenvalue weighted by molar-refractivity contribution is 6.31. The van der Waals surface area contributed by atoms with Crippen molar-refractivity contribution in [2.45, 2.75) is 45.6 Å². The first-order chi connectivity index (χ1) is 9.80. The summed E-state index contributed by atoms with van der Waals surface area (Å²) in [6.45, 7) is 7.13. The lowest BCUT2D eigenvalue weighted by molar-refractivity contribution is -0.145. The summed E-state index contributed by atoms with van der Waals surface area (Å²) in [6, 6.07) is 7.41. The third-order valence-corrected chi connectivity index (χ3v) is 5.05. The molecule has 1 aromatic carbocycles. The average molecular weight is 310 g/mol. The summed E-state index contributed by atoms with van der Waals surface area (Å²) < 4.78 is 0. The zero-order chi connectivity index (χ0) is 15.7. The summed E-state index contributed by atoms with van der Waals surface area (Å²) in [7, 11) is 0. The molecule has 1 amide bonds. The Morgan fingerprint density at radius 2 is 1.90 bits per heavy atom. The van der Waals surface area contributed by atoms with Crippen LogP contribution in [-0.2, 0) is 10.4 Å². The smallest absolute Gasteiger partial charge is 0.228 e. The molecule has 1 fully saturated rings. The van der Waals surface area contributed by atoms with Crippen molar-refractivity contribution in [2.24, 2.45) is 5.41 Å². The quantitative estimate of drug-likeness (QED) is 0.927. The number of nitrogens with zero attached hydrogens (tertiary/aromatic N) is 1. The molecule has 0 aliphatic carbocycles. The van der Waals surface area contributed by atoms with E-state index < -0.39 is 5.60 Å². The van der Waals surface area contributed by atoms with Crippen LogP contribution in [0.1, 0.15) is 45.6 Å². The standard InChI is InChI=1S/C17H24ClNO2/c1-4-16(2,3)15(20)19-11-9-17(21,10-12-19)13-7-5-6-8-14(13)18/h5-8,21H,4,9-12H2,1-3H3. The van der Waals surface area contributed by atoms with E-state index in [1.54, 1.807) is 6.07 Å². The topological polar surface area (TPSA) is 40.5 Å². The molecule has 4 heteroatoms. The van der Waals surface area contributed by atoms with Gasteiger partial charge in [0.2, 0.25) is 5.91 Å². The van der Waals surface area contributed by atoms with Crippen molar-refractivity contribution in [3.05, 3.63) is 34.9 Å². The molecule has 0 spiro atoms. The minimum absolute atomic E-state index is 0.172. The van der Waals surface area contributed by atoms with Crippen molar-refractivity contribution in [1.29, 1.82) is 0 Å². The molecule has 0 bridgehead atoms. The monoisotopic (exact) mass is 309 g/mol. The maximum atomic E-state index is 12.5. The normalized spacial score (nSPS) is 18.6. The van der Waals surface area contributed by atoms with Gasteiger partial charge < -0.3 is 10.0 Å². The van der Waals surface area contributed by atoms with Gasteiger partial charge in [0, 0.05) is 29.1 Å². The molecule has 116 valence electrons. The summed E-state index contributed by atoms with van der Waals surface area (Å²) in [4.78, 5) is 14.4. The maximum Gasteiger partial charge on any atom is 0.228 e. The zero-order valence-electron chi connectivity index (χ0n) is 13.0.